The van der Waals surface area contributed by atoms with Crippen LogP contribution in [0, 0.1) is 0 Å². The van der Waals surface area contributed by atoms with E-state index in [1.807, 2.05) is 0 Å². The van der Waals surface area contributed by atoms with Crippen molar-refractivity contribution < 1.29 is 4.74 Å². The zero-order valence-corrected chi connectivity index (χ0v) is 7.21. The number of hydrogen-bond acceptors (Lipinski definition) is 3. The van der Waals surface area contributed by atoms with Crippen LogP contribution in [0.25, 0.3) is 0 Å². The lowest BCUT2D eigenvalue weighted by molar-refractivity contribution is 0.344. The Bertz CT molecular complexity index is 293. The highest BCUT2D eigenvalue weighted by Gasteiger charge is 2.19. The van der Waals surface area contributed by atoms with Crippen molar-refractivity contribution in [3.05, 3.63) is 11.4 Å². The Labute approximate surface area is 71.3 Å². The maximum Gasteiger partial charge on any atom is 0.296 e. The number of nitrogens with zero attached hydrogens (tertiary/aromatic N) is 2. The highest BCUT2D eigenvalue weighted by molar-refractivity contribution is 5.22. The number of fused-ring (bicyclic) bond motifs is 1. The summed E-state index contributed by atoms with van der Waals surface area (Å²) < 4.78 is 7.39. The summed E-state index contributed by atoms with van der Waals surface area (Å²) in [5.74, 6) is 0. The molecule has 0 saturated heterocycles. The SMILES string of the molecule is CCc1nc2n(c1CN)CCO2. The van der Waals surface area contributed by atoms with Gasteiger partial charge < -0.3 is 10.5 Å². The van der Waals surface area contributed by atoms with Gasteiger partial charge in [-0.2, -0.15) is 4.98 Å². The van der Waals surface area contributed by atoms with Gasteiger partial charge in [0.05, 0.1) is 17.9 Å². The van der Waals surface area contributed by atoms with Crippen molar-refractivity contribution in [1.29, 1.82) is 0 Å². The molecule has 66 valence electrons. The van der Waals surface area contributed by atoms with E-state index in [9.17, 15) is 0 Å². The fraction of sp³-hybridized carbons (Fsp3) is 0.625. The average Bonchev–Trinajstić information content (AvgIpc) is 2.61. The fourth-order valence-electron chi connectivity index (χ4n) is 1.59. The smallest absolute Gasteiger partial charge is 0.296 e. The largest absolute Gasteiger partial charge is 0.463 e. The van der Waals surface area contributed by atoms with Gasteiger partial charge in [-0.15, -0.1) is 0 Å². The van der Waals surface area contributed by atoms with E-state index < -0.39 is 0 Å². The van der Waals surface area contributed by atoms with Gasteiger partial charge in [-0.25, -0.2) is 0 Å². The molecule has 1 aromatic heterocycles. The monoisotopic (exact) mass is 167 g/mol. The maximum atomic E-state index is 5.63. The van der Waals surface area contributed by atoms with Crippen molar-refractivity contribution in [2.24, 2.45) is 5.73 Å². The molecule has 0 atom stereocenters. The summed E-state index contributed by atoms with van der Waals surface area (Å²) in [6, 6.07) is 0.743. The summed E-state index contributed by atoms with van der Waals surface area (Å²) in [5, 5.41) is 0. The summed E-state index contributed by atoms with van der Waals surface area (Å²) >= 11 is 0. The third-order valence-corrected chi connectivity index (χ3v) is 2.19. The molecular formula is C8H13N3O. The Morgan fingerprint density at radius 3 is 3.17 bits per heavy atom. The maximum absolute atomic E-state index is 5.63. The van der Waals surface area contributed by atoms with Gasteiger partial charge in [0.25, 0.3) is 6.01 Å². The molecular weight excluding hydrogens is 154 g/mol. The number of hydrogen-bond donors (Lipinski definition) is 1. The molecule has 0 aliphatic carbocycles. The standard InChI is InChI=1S/C8H13N3O/c1-2-6-7(5-9)11-3-4-12-8(11)10-6/h2-5,9H2,1H3. The summed E-state index contributed by atoms with van der Waals surface area (Å²) in [6.45, 7) is 4.27. The van der Waals surface area contributed by atoms with Crippen molar-refractivity contribution in [3.8, 4) is 6.01 Å². The molecule has 2 heterocycles. The third kappa shape index (κ3) is 0.914. The van der Waals surface area contributed by atoms with Gasteiger partial charge in [-0.1, -0.05) is 6.92 Å². The minimum atomic E-state index is 0.555. The molecule has 0 fully saturated rings. The predicted molar refractivity (Wildman–Crippen MR) is 45.0 cm³/mol. The Morgan fingerprint density at radius 2 is 2.50 bits per heavy atom. The molecule has 0 amide bonds. The van der Waals surface area contributed by atoms with Crippen LogP contribution in [-0.2, 0) is 19.5 Å². The first-order chi connectivity index (χ1) is 5.86. The van der Waals surface area contributed by atoms with E-state index in [1.54, 1.807) is 0 Å². The van der Waals surface area contributed by atoms with Crippen LogP contribution in [0.15, 0.2) is 0 Å². The van der Waals surface area contributed by atoms with Gasteiger partial charge >= 0.3 is 0 Å². The number of imidazole rings is 1. The van der Waals surface area contributed by atoms with Gasteiger partial charge in [0, 0.05) is 6.54 Å². The zero-order chi connectivity index (χ0) is 8.55. The first-order valence-electron chi connectivity index (χ1n) is 4.28. The first kappa shape index (κ1) is 7.61. The Morgan fingerprint density at radius 1 is 1.67 bits per heavy atom. The van der Waals surface area contributed by atoms with E-state index in [4.69, 9.17) is 10.5 Å². The Kier molecular flexibility index (Phi) is 1.77. The molecule has 12 heavy (non-hydrogen) atoms. The number of rotatable bonds is 2. The van der Waals surface area contributed by atoms with E-state index in [1.165, 1.54) is 0 Å². The first-order valence-corrected chi connectivity index (χ1v) is 4.28. The highest BCUT2D eigenvalue weighted by atomic mass is 16.5. The minimum Gasteiger partial charge on any atom is -0.463 e. The lowest BCUT2D eigenvalue weighted by Crippen LogP contribution is -2.07. The van der Waals surface area contributed by atoms with E-state index in [0.717, 1.165) is 37.0 Å². The van der Waals surface area contributed by atoms with E-state index in [2.05, 4.69) is 16.5 Å². The van der Waals surface area contributed by atoms with Crippen molar-refractivity contribution in [3.63, 3.8) is 0 Å². The molecule has 2 N–H and O–H groups in total. The van der Waals surface area contributed by atoms with Crippen LogP contribution in [0.4, 0.5) is 0 Å². The number of ether oxygens (including phenoxy) is 1. The molecule has 4 heteroatoms. The number of aryl methyl sites for hydroxylation is 1. The molecule has 1 aliphatic rings. The van der Waals surface area contributed by atoms with Crippen LogP contribution in [0.3, 0.4) is 0 Å². The second-order valence-electron chi connectivity index (χ2n) is 2.85. The van der Waals surface area contributed by atoms with Crippen LogP contribution >= 0.6 is 0 Å². The summed E-state index contributed by atoms with van der Waals surface area (Å²) in [7, 11) is 0. The molecule has 2 rings (SSSR count). The molecule has 0 unspecified atom stereocenters. The molecule has 0 bridgehead atoms. The summed E-state index contributed by atoms with van der Waals surface area (Å²) in [6.07, 6.45) is 0.926. The number of nitrogens with two attached hydrogens (primary N) is 1. The van der Waals surface area contributed by atoms with Crippen molar-refractivity contribution in [2.45, 2.75) is 26.4 Å². The second kappa shape index (κ2) is 2.79. The quantitative estimate of drug-likeness (QED) is 0.689. The van der Waals surface area contributed by atoms with E-state index in [-0.39, 0.29) is 0 Å². The fourth-order valence-corrected chi connectivity index (χ4v) is 1.59. The highest BCUT2D eigenvalue weighted by Crippen LogP contribution is 2.22. The minimum absolute atomic E-state index is 0.555. The van der Waals surface area contributed by atoms with E-state index >= 15 is 0 Å². The number of aromatic nitrogens is 2. The second-order valence-corrected chi connectivity index (χ2v) is 2.85. The third-order valence-electron chi connectivity index (χ3n) is 2.19. The molecule has 0 radical (unpaired) electrons. The molecule has 1 aliphatic heterocycles. The van der Waals surface area contributed by atoms with Gasteiger partial charge in [-0.05, 0) is 6.42 Å². The van der Waals surface area contributed by atoms with Crippen LogP contribution in [0.5, 0.6) is 6.01 Å². The molecule has 0 spiro atoms. The van der Waals surface area contributed by atoms with Gasteiger partial charge in [0.2, 0.25) is 0 Å². The summed E-state index contributed by atoms with van der Waals surface area (Å²) in [4.78, 5) is 4.34. The van der Waals surface area contributed by atoms with Crippen molar-refractivity contribution in [1.82, 2.24) is 9.55 Å². The van der Waals surface area contributed by atoms with Crippen molar-refractivity contribution in [2.75, 3.05) is 6.61 Å². The lowest BCUT2D eigenvalue weighted by atomic mass is 10.2. The van der Waals surface area contributed by atoms with Gasteiger partial charge in [0.1, 0.15) is 6.61 Å². The average molecular weight is 167 g/mol. The molecule has 0 aromatic carbocycles. The molecule has 1 aromatic rings. The van der Waals surface area contributed by atoms with Crippen LogP contribution in [-0.4, -0.2) is 16.2 Å². The van der Waals surface area contributed by atoms with E-state index in [0.29, 0.717) is 6.54 Å². The Hall–Kier alpha value is -1.03. The molecule has 0 saturated carbocycles. The van der Waals surface area contributed by atoms with Crippen molar-refractivity contribution >= 4 is 0 Å². The zero-order valence-electron chi connectivity index (χ0n) is 7.21. The van der Waals surface area contributed by atoms with Crippen LogP contribution in [0.1, 0.15) is 18.3 Å². The Balaban J connectivity index is 2.46. The van der Waals surface area contributed by atoms with Gasteiger partial charge in [0.15, 0.2) is 0 Å². The normalized spacial score (nSPS) is 14.5. The summed E-state index contributed by atoms with van der Waals surface area (Å²) in [5.41, 5.74) is 7.83. The topological polar surface area (TPSA) is 53.1 Å². The lowest BCUT2D eigenvalue weighted by Gasteiger charge is -2.00. The van der Waals surface area contributed by atoms with Crippen LogP contribution in [0.2, 0.25) is 0 Å². The van der Waals surface area contributed by atoms with Crippen LogP contribution < -0.4 is 10.5 Å². The predicted octanol–water partition coefficient (Wildman–Crippen LogP) is 0.297. The van der Waals surface area contributed by atoms with Gasteiger partial charge in [-0.3, -0.25) is 4.57 Å². The molecule has 4 nitrogen and oxygen atoms in total.